The molecule has 24 heavy (non-hydrogen) atoms. The molecule has 0 radical (unpaired) electrons. The van der Waals surface area contributed by atoms with Gasteiger partial charge in [0.15, 0.2) is 0 Å². The van der Waals surface area contributed by atoms with Gasteiger partial charge in [-0.3, -0.25) is 0 Å². The largest absolute Gasteiger partial charge is 0.487 e. The smallest absolute Gasteiger partial charge is 0.146 e. The number of para-hydroxylation sites is 1. The Labute approximate surface area is 152 Å². The predicted octanol–water partition coefficient (Wildman–Crippen LogP) is 6.04. The van der Waals surface area contributed by atoms with Crippen LogP contribution in [0, 0.1) is 6.92 Å². The number of nitrogens with two attached hydrogens (primary N) is 1. The molecule has 5 heteroatoms. The first-order chi connectivity index (χ1) is 11.6. The second kappa shape index (κ2) is 8.22. The normalized spacial score (nSPS) is 10.2. The molecule has 3 nitrogen and oxygen atoms in total. The number of nitrogens with zero attached hydrogens (tertiary/aromatic N) is 1. The minimum absolute atomic E-state index is 0.234. The number of fused-ring (bicyclic) bond motifs is 1. The molecule has 0 atom stereocenters. The van der Waals surface area contributed by atoms with E-state index in [0.717, 1.165) is 16.6 Å². The summed E-state index contributed by atoms with van der Waals surface area (Å²) >= 11 is 12.4. The molecule has 0 amide bonds. The number of benzene rings is 2. The first-order valence-electron chi connectivity index (χ1n) is 7.78. The molecule has 3 rings (SSSR count). The highest BCUT2D eigenvalue weighted by atomic mass is 35.5. The van der Waals surface area contributed by atoms with Crippen LogP contribution in [0.25, 0.3) is 10.9 Å². The molecule has 0 aliphatic rings. The molecule has 0 saturated carbocycles. The average molecular weight is 363 g/mol. The first-order valence-corrected chi connectivity index (χ1v) is 8.53. The summed E-state index contributed by atoms with van der Waals surface area (Å²) in [5, 5.41) is 1.98. The Morgan fingerprint density at radius 1 is 1.04 bits per heavy atom. The van der Waals surface area contributed by atoms with Crippen LogP contribution in [-0.4, -0.2) is 4.98 Å². The summed E-state index contributed by atoms with van der Waals surface area (Å²) in [5.41, 5.74) is 8.72. The summed E-state index contributed by atoms with van der Waals surface area (Å²) in [5.74, 6) is 0.691. The minimum Gasteiger partial charge on any atom is -0.487 e. The molecule has 2 N–H and O–H groups in total. The topological polar surface area (TPSA) is 48.1 Å². The van der Waals surface area contributed by atoms with E-state index in [9.17, 15) is 0 Å². The molecule has 0 bridgehead atoms. The van der Waals surface area contributed by atoms with Crippen molar-refractivity contribution >= 4 is 39.8 Å². The zero-order valence-electron chi connectivity index (χ0n) is 13.9. The van der Waals surface area contributed by atoms with Crippen molar-refractivity contribution in [3.05, 3.63) is 63.8 Å². The monoisotopic (exact) mass is 362 g/mol. The Hall–Kier alpha value is -1.97. The van der Waals surface area contributed by atoms with E-state index in [-0.39, 0.29) is 6.61 Å². The van der Waals surface area contributed by atoms with Crippen LogP contribution in [0.1, 0.15) is 25.1 Å². The van der Waals surface area contributed by atoms with Gasteiger partial charge in [-0.05, 0) is 31.2 Å². The highest BCUT2D eigenvalue weighted by molar-refractivity contribution is 6.37. The molecule has 126 valence electrons. The van der Waals surface area contributed by atoms with Crippen LogP contribution in [0.5, 0.6) is 5.75 Å². The van der Waals surface area contributed by atoms with Gasteiger partial charge in [0.05, 0.1) is 10.7 Å². The lowest BCUT2D eigenvalue weighted by Gasteiger charge is -2.12. The fourth-order valence-corrected chi connectivity index (χ4v) is 2.71. The number of aromatic nitrogens is 1. The zero-order chi connectivity index (χ0) is 17.7. The predicted molar refractivity (Wildman–Crippen MR) is 103 cm³/mol. The Morgan fingerprint density at radius 2 is 1.79 bits per heavy atom. The van der Waals surface area contributed by atoms with Crippen LogP contribution in [-0.2, 0) is 6.61 Å². The van der Waals surface area contributed by atoms with E-state index in [2.05, 4.69) is 4.98 Å². The van der Waals surface area contributed by atoms with Gasteiger partial charge in [-0.15, -0.1) is 0 Å². The summed E-state index contributed by atoms with van der Waals surface area (Å²) in [4.78, 5) is 4.53. The van der Waals surface area contributed by atoms with Crippen LogP contribution in [0.2, 0.25) is 10.0 Å². The van der Waals surface area contributed by atoms with Gasteiger partial charge in [-0.1, -0.05) is 55.2 Å². The van der Waals surface area contributed by atoms with Gasteiger partial charge in [0, 0.05) is 21.7 Å². The fraction of sp³-hybridized carbons (Fsp3) is 0.211. The summed E-state index contributed by atoms with van der Waals surface area (Å²) in [6.07, 6.45) is 0. The highest BCUT2D eigenvalue weighted by Crippen LogP contribution is 2.32. The maximum Gasteiger partial charge on any atom is 0.146 e. The Balaban J connectivity index is 0.00000100. The molecule has 0 spiro atoms. The lowest BCUT2D eigenvalue weighted by Crippen LogP contribution is -2.01. The van der Waals surface area contributed by atoms with Crippen molar-refractivity contribution in [3.63, 3.8) is 0 Å². The number of aryl methyl sites for hydroxylation is 1. The lowest BCUT2D eigenvalue weighted by atomic mass is 10.2. The third kappa shape index (κ3) is 3.92. The van der Waals surface area contributed by atoms with Gasteiger partial charge < -0.3 is 10.5 Å². The number of anilines is 1. The van der Waals surface area contributed by atoms with Crippen molar-refractivity contribution in [1.82, 2.24) is 4.98 Å². The van der Waals surface area contributed by atoms with Gasteiger partial charge >= 0.3 is 0 Å². The molecule has 0 unspecified atom stereocenters. The SMILES string of the molecule is CC.Cc1ccc2cccc(OCc3c(Cl)ccc(N)c3Cl)c2n1. The summed E-state index contributed by atoms with van der Waals surface area (Å²) in [7, 11) is 0. The van der Waals surface area contributed by atoms with Crippen molar-refractivity contribution in [2.75, 3.05) is 5.73 Å². The number of ether oxygens (including phenoxy) is 1. The van der Waals surface area contributed by atoms with E-state index >= 15 is 0 Å². The van der Waals surface area contributed by atoms with Crippen molar-refractivity contribution in [3.8, 4) is 5.75 Å². The van der Waals surface area contributed by atoms with Gasteiger partial charge in [0.25, 0.3) is 0 Å². The standard InChI is InChI=1S/C17H14Cl2N2O.C2H6/c1-10-5-6-11-3-2-4-15(17(11)21-10)22-9-12-13(18)7-8-14(20)16(12)19;1-2/h2-8H,9,20H2,1H3;1-2H3. The Morgan fingerprint density at radius 3 is 2.54 bits per heavy atom. The van der Waals surface area contributed by atoms with Crippen LogP contribution < -0.4 is 10.5 Å². The van der Waals surface area contributed by atoms with Crippen LogP contribution in [0.3, 0.4) is 0 Å². The van der Waals surface area contributed by atoms with Gasteiger partial charge in [-0.25, -0.2) is 4.98 Å². The number of rotatable bonds is 3. The second-order valence-corrected chi connectivity index (χ2v) is 5.78. The molecular formula is C19H20Cl2N2O. The van der Waals surface area contributed by atoms with E-state index in [1.807, 2.05) is 51.1 Å². The van der Waals surface area contributed by atoms with E-state index in [0.29, 0.717) is 27.0 Å². The number of halogens is 2. The maximum atomic E-state index is 6.20. The molecule has 0 aliphatic heterocycles. The summed E-state index contributed by atoms with van der Waals surface area (Å²) in [6, 6.07) is 13.2. The summed E-state index contributed by atoms with van der Waals surface area (Å²) < 4.78 is 5.89. The minimum atomic E-state index is 0.234. The molecule has 0 aliphatic carbocycles. The Bertz CT molecular complexity index is 850. The van der Waals surface area contributed by atoms with Gasteiger partial charge in [-0.2, -0.15) is 0 Å². The molecule has 2 aromatic carbocycles. The molecule has 0 fully saturated rings. The number of hydrogen-bond acceptors (Lipinski definition) is 3. The second-order valence-electron chi connectivity index (χ2n) is 5.00. The van der Waals surface area contributed by atoms with E-state index in [1.54, 1.807) is 12.1 Å². The van der Waals surface area contributed by atoms with Crippen molar-refractivity contribution in [2.45, 2.75) is 27.4 Å². The van der Waals surface area contributed by atoms with Crippen LogP contribution in [0.4, 0.5) is 5.69 Å². The van der Waals surface area contributed by atoms with E-state index < -0.39 is 0 Å². The maximum absolute atomic E-state index is 6.20. The molecule has 1 aromatic heterocycles. The third-order valence-corrected chi connectivity index (χ3v) is 4.21. The van der Waals surface area contributed by atoms with Crippen LogP contribution in [0.15, 0.2) is 42.5 Å². The van der Waals surface area contributed by atoms with E-state index in [1.165, 1.54) is 0 Å². The van der Waals surface area contributed by atoms with Gasteiger partial charge in [0.1, 0.15) is 17.9 Å². The van der Waals surface area contributed by atoms with Crippen molar-refractivity contribution < 1.29 is 4.74 Å². The third-order valence-electron chi connectivity index (χ3n) is 3.41. The zero-order valence-corrected chi connectivity index (χ0v) is 15.4. The number of hydrogen-bond donors (Lipinski definition) is 1. The number of pyridine rings is 1. The Kier molecular flexibility index (Phi) is 6.29. The van der Waals surface area contributed by atoms with Gasteiger partial charge in [0.2, 0.25) is 0 Å². The summed E-state index contributed by atoms with van der Waals surface area (Å²) in [6.45, 7) is 6.18. The molecule has 3 aromatic rings. The van der Waals surface area contributed by atoms with Crippen molar-refractivity contribution in [2.24, 2.45) is 0 Å². The quantitative estimate of drug-likeness (QED) is 0.577. The van der Waals surface area contributed by atoms with E-state index in [4.69, 9.17) is 33.7 Å². The average Bonchev–Trinajstić information content (AvgIpc) is 2.60. The molecule has 1 heterocycles. The highest BCUT2D eigenvalue weighted by Gasteiger charge is 2.11. The lowest BCUT2D eigenvalue weighted by molar-refractivity contribution is 0.309. The number of nitrogen functional groups attached to an aromatic ring is 1. The molecular weight excluding hydrogens is 343 g/mol. The van der Waals surface area contributed by atoms with Crippen LogP contribution >= 0.6 is 23.2 Å². The fourth-order valence-electron chi connectivity index (χ4n) is 2.23. The molecule has 0 saturated heterocycles. The first kappa shape index (κ1) is 18.4. The van der Waals surface area contributed by atoms with Crippen molar-refractivity contribution in [1.29, 1.82) is 0 Å².